The molecule has 0 aliphatic carbocycles. The number of nitrogens with one attached hydrogen (secondary N) is 1. The first-order chi connectivity index (χ1) is 9.02. The van der Waals surface area contributed by atoms with Crippen molar-refractivity contribution in [3.8, 4) is 0 Å². The lowest BCUT2D eigenvalue weighted by Gasteiger charge is -2.09. The molecule has 0 aliphatic rings. The molecule has 5 nitrogen and oxygen atoms in total. The number of thiophene rings is 1. The Morgan fingerprint density at radius 3 is 2.89 bits per heavy atom. The van der Waals surface area contributed by atoms with E-state index in [2.05, 4.69) is 10.1 Å². The summed E-state index contributed by atoms with van der Waals surface area (Å²) >= 11 is 8.70. The predicted molar refractivity (Wildman–Crippen MR) is 76.5 cm³/mol. The first kappa shape index (κ1) is 16.3. The molecule has 1 heterocycles. The lowest BCUT2D eigenvalue weighted by molar-refractivity contribution is -0.150. The topological polar surface area (TPSA) is 75.6 Å². The second kappa shape index (κ2) is 8.42. The Morgan fingerprint density at radius 1 is 1.58 bits per heavy atom. The Kier molecular flexibility index (Phi) is 7.22. The molecule has 1 rings (SSSR count). The van der Waals surface area contributed by atoms with Crippen molar-refractivity contribution in [3.63, 3.8) is 0 Å². The van der Waals surface area contributed by atoms with Crippen LogP contribution in [0, 0.1) is 0 Å². The molecule has 19 heavy (non-hydrogen) atoms. The van der Waals surface area contributed by atoms with Crippen LogP contribution in [0.5, 0.6) is 0 Å². The summed E-state index contributed by atoms with van der Waals surface area (Å²) in [7, 11) is 1.18. The molecule has 1 unspecified atom stereocenters. The van der Waals surface area contributed by atoms with Crippen molar-refractivity contribution in [2.24, 2.45) is 0 Å². The van der Waals surface area contributed by atoms with Crippen LogP contribution >= 0.6 is 34.7 Å². The van der Waals surface area contributed by atoms with Crippen LogP contribution in [0.15, 0.2) is 12.1 Å². The molecule has 106 valence electrons. The Balaban J connectivity index is 2.16. The maximum absolute atomic E-state index is 11.4. The molecule has 1 atom stereocenters. The van der Waals surface area contributed by atoms with Crippen molar-refractivity contribution >= 4 is 46.6 Å². The number of hydrogen-bond acceptors (Lipinski definition) is 6. The first-order valence-electron chi connectivity index (χ1n) is 5.37. The van der Waals surface area contributed by atoms with Gasteiger partial charge in [0.15, 0.2) is 6.10 Å². The molecule has 0 bridgehead atoms. The molecule has 0 saturated carbocycles. The van der Waals surface area contributed by atoms with Crippen LogP contribution in [-0.2, 0) is 20.1 Å². The zero-order valence-corrected chi connectivity index (χ0v) is 12.6. The van der Waals surface area contributed by atoms with E-state index in [1.165, 1.54) is 30.2 Å². The number of thioether (sulfide) groups is 1. The van der Waals surface area contributed by atoms with E-state index in [0.29, 0.717) is 5.75 Å². The molecule has 1 amide bonds. The van der Waals surface area contributed by atoms with Gasteiger partial charge in [0.05, 0.1) is 23.7 Å². The maximum Gasteiger partial charge on any atom is 0.336 e. The van der Waals surface area contributed by atoms with Crippen molar-refractivity contribution < 1.29 is 19.4 Å². The van der Waals surface area contributed by atoms with Gasteiger partial charge in [-0.15, -0.1) is 23.1 Å². The van der Waals surface area contributed by atoms with E-state index in [-0.39, 0.29) is 18.2 Å². The number of ether oxygens (including phenoxy) is 1. The maximum atomic E-state index is 11.4. The van der Waals surface area contributed by atoms with E-state index in [1.54, 1.807) is 0 Å². The highest BCUT2D eigenvalue weighted by atomic mass is 35.5. The third kappa shape index (κ3) is 6.29. The standard InChI is InChI=1S/C11H14ClNO4S2/c1-17-11(16)8(14)4-13-10(15)6-18-5-7-2-3-9(12)19-7/h2-3,8,14H,4-6H2,1H3,(H,13,15). The quantitative estimate of drug-likeness (QED) is 0.739. The highest BCUT2D eigenvalue weighted by Crippen LogP contribution is 2.24. The smallest absolute Gasteiger partial charge is 0.336 e. The minimum atomic E-state index is -1.32. The number of carbonyl (C=O) groups is 2. The number of hydrogen-bond donors (Lipinski definition) is 2. The summed E-state index contributed by atoms with van der Waals surface area (Å²) in [4.78, 5) is 23.4. The summed E-state index contributed by atoms with van der Waals surface area (Å²) in [6.07, 6.45) is -1.32. The molecule has 0 saturated heterocycles. The lowest BCUT2D eigenvalue weighted by atomic mass is 10.3. The van der Waals surface area contributed by atoms with Gasteiger partial charge in [-0.3, -0.25) is 4.79 Å². The van der Waals surface area contributed by atoms with Crippen LogP contribution in [0.25, 0.3) is 0 Å². The molecule has 8 heteroatoms. The van der Waals surface area contributed by atoms with Crippen LogP contribution in [0.2, 0.25) is 4.34 Å². The van der Waals surface area contributed by atoms with Gasteiger partial charge in [-0.25, -0.2) is 4.79 Å². The zero-order chi connectivity index (χ0) is 14.3. The van der Waals surface area contributed by atoms with Crippen molar-refractivity contribution in [3.05, 3.63) is 21.3 Å². The van der Waals surface area contributed by atoms with Gasteiger partial charge in [0.2, 0.25) is 5.91 Å². The van der Waals surface area contributed by atoms with Crippen molar-refractivity contribution in [2.45, 2.75) is 11.9 Å². The van der Waals surface area contributed by atoms with E-state index >= 15 is 0 Å². The third-order valence-corrected chi connectivity index (χ3v) is 4.47. The predicted octanol–water partition coefficient (Wildman–Crippen LogP) is 1.28. The summed E-state index contributed by atoms with van der Waals surface area (Å²) in [5.41, 5.74) is 0. The molecule has 1 aromatic heterocycles. The van der Waals surface area contributed by atoms with Gasteiger partial charge < -0.3 is 15.2 Å². The Labute approximate surface area is 124 Å². The number of aliphatic hydroxyl groups excluding tert-OH is 1. The first-order valence-corrected chi connectivity index (χ1v) is 7.72. The van der Waals surface area contributed by atoms with Crippen LogP contribution in [0.1, 0.15) is 4.88 Å². The highest BCUT2D eigenvalue weighted by Gasteiger charge is 2.15. The molecular formula is C11H14ClNO4S2. The van der Waals surface area contributed by atoms with Crippen LogP contribution in [0.4, 0.5) is 0 Å². The number of esters is 1. The summed E-state index contributed by atoms with van der Waals surface area (Å²) < 4.78 is 5.05. The molecule has 0 aliphatic heterocycles. The summed E-state index contributed by atoms with van der Waals surface area (Å²) in [5, 5.41) is 11.7. The monoisotopic (exact) mass is 323 g/mol. The average Bonchev–Trinajstić information content (AvgIpc) is 2.80. The second-order valence-electron chi connectivity index (χ2n) is 3.54. The van der Waals surface area contributed by atoms with E-state index in [9.17, 15) is 14.7 Å². The van der Waals surface area contributed by atoms with E-state index < -0.39 is 12.1 Å². The summed E-state index contributed by atoms with van der Waals surface area (Å²) in [6, 6.07) is 3.73. The van der Waals surface area contributed by atoms with Crippen LogP contribution in [-0.4, -0.2) is 42.5 Å². The minimum Gasteiger partial charge on any atom is -0.467 e. The van der Waals surface area contributed by atoms with Gasteiger partial charge >= 0.3 is 5.97 Å². The summed E-state index contributed by atoms with van der Waals surface area (Å²) in [6.45, 7) is -0.142. The molecule has 1 aromatic rings. The van der Waals surface area contributed by atoms with Gasteiger partial charge in [0.1, 0.15) is 0 Å². The third-order valence-electron chi connectivity index (χ3n) is 2.07. The number of halogens is 1. The largest absolute Gasteiger partial charge is 0.467 e. The molecule has 0 fully saturated rings. The SMILES string of the molecule is COC(=O)C(O)CNC(=O)CSCc1ccc(Cl)s1. The number of methoxy groups -OCH3 is 1. The zero-order valence-electron chi connectivity index (χ0n) is 10.2. The van der Waals surface area contributed by atoms with Crippen molar-refractivity contribution in [2.75, 3.05) is 19.4 Å². The molecule has 2 N–H and O–H groups in total. The van der Waals surface area contributed by atoms with Gasteiger partial charge in [-0.1, -0.05) is 11.6 Å². The Hall–Kier alpha value is -0.760. The van der Waals surface area contributed by atoms with Crippen molar-refractivity contribution in [1.82, 2.24) is 5.32 Å². The fourth-order valence-corrected chi connectivity index (χ4v) is 3.21. The molecule has 0 spiro atoms. The molecule has 0 aromatic carbocycles. The van der Waals surface area contributed by atoms with Gasteiger partial charge in [-0.05, 0) is 12.1 Å². The Bertz CT molecular complexity index is 438. The highest BCUT2D eigenvalue weighted by molar-refractivity contribution is 7.99. The van der Waals surface area contributed by atoms with Gasteiger partial charge in [0, 0.05) is 10.6 Å². The normalized spacial score (nSPS) is 11.9. The number of amides is 1. The fourth-order valence-electron chi connectivity index (χ4n) is 1.15. The van der Waals surface area contributed by atoms with E-state index in [0.717, 1.165) is 9.21 Å². The molecule has 0 radical (unpaired) electrons. The van der Waals surface area contributed by atoms with Crippen LogP contribution < -0.4 is 5.32 Å². The van der Waals surface area contributed by atoms with E-state index in [4.69, 9.17) is 11.6 Å². The number of rotatable bonds is 7. The van der Waals surface area contributed by atoms with Crippen LogP contribution in [0.3, 0.4) is 0 Å². The average molecular weight is 324 g/mol. The van der Waals surface area contributed by atoms with Crippen molar-refractivity contribution in [1.29, 1.82) is 0 Å². The Morgan fingerprint density at radius 2 is 2.32 bits per heavy atom. The fraction of sp³-hybridized carbons (Fsp3) is 0.455. The van der Waals surface area contributed by atoms with Gasteiger partial charge in [-0.2, -0.15) is 0 Å². The molecular weight excluding hydrogens is 310 g/mol. The number of carbonyl (C=O) groups excluding carboxylic acids is 2. The second-order valence-corrected chi connectivity index (χ2v) is 6.33. The summed E-state index contributed by atoms with van der Waals surface area (Å²) in [5.74, 6) is -0.0508. The number of aliphatic hydroxyl groups is 1. The lowest BCUT2D eigenvalue weighted by Crippen LogP contribution is -2.37. The van der Waals surface area contributed by atoms with E-state index in [1.807, 2.05) is 12.1 Å². The minimum absolute atomic E-state index is 0.142. The van der Waals surface area contributed by atoms with Gasteiger partial charge in [0.25, 0.3) is 0 Å².